The van der Waals surface area contributed by atoms with Crippen molar-refractivity contribution < 1.29 is 14.7 Å². The maximum atomic E-state index is 12.1. The van der Waals surface area contributed by atoms with E-state index in [0.29, 0.717) is 6.42 Å². The summed E-state index contributed by atoms with van der Waals surface area (Å²) >= 11 is 0. The molecule has 122 valence electrons. The largest absolute Gasteiger partial charge is 0.480 e. The highest BCUT2D eigenvalue weighted by atomic mass is 16.4. The van der Waals surface area contributed by atoms with Crippen LogP contribution in [-0.4, -0.2) is 28.7 Å². The lowest BCUT2D eigenvalue weighted by Gasteiger charge is -2.45. The van der Waals surface area contributed by atoms with Gasteiger partial charge in [0.25, 0.3) is 0 Å². The molecular weight excluding hydrogens is 268 g/mol. The van der Waals surface area contributed by atoms with Gasteiger partial charge in [0.05, 0.1) is 0 Å². The predicted octanol–water partition coefficient (Wildman–Crippen LogP) is 3.14. The van der Waals surface area contributed by atoms with Crippen molar-refractivity contribution in [3.63, 3.8) is 0 Å². The van der Waals surface area contributed by atoms with Gasteiger partial charge >= 0.3 is 12.0 Å². The molecule has 0 aromatic heterocycles. The third-order valence-corrected chi connectivity index (χ3v) is 4.46. The van der Waals surface area contributed by atoms with Gasteiger partial charge in [-0.1, -0.05) is 34.6 Å². The summed E-state index contributed by atoms with van der Waals surface area (Å²) in [5.41, 5.74) is -0.856. The van der Waals surface area contributed by atoms with E-state index in [1.807, 2.05) is 0 Å². The molecule has 0 saturated heterocycles. The Morgan fingerprint density at radius 3 is 2.05 bits per heavy atom. The summed E-state index contributed by atoms with van der Waals surface area (Å²) in [6.45, 7) is 12.1. The lowest BCUT2D eigenvalue weighted by atomic mass is 9.63. The number of carbonyl (C=O) groups is 2. The van der Waals surface area contributed by atoms with Gasteiger partial charge in [0.15, 0.2) is 0 Å². The summed E-state index contributed by atoms with van der Waals surface area (Å²) in [5, 5.41) is 14.8. The fourth-order valence-corrected chi connectivity index (χ4v) is 3.71. The van der Waals surface area contributed by atoms with E-state index in [2.05, 4.69) is 38.3 Å². The summed E-state index contributed by atoms with van der Waals surface area (Å²) in [6.07, 6.45) is 3.30. The molecular formula is C16H30N2O3. The standard InChI is InChI=1S/C16H30N2O3/c1-7-16(6,12(19)20)18-13(21)17-11-8-14(2,3)10-15(4,5)9-11/h11H,7-10H2,1-6H3,(H,19,20)(H2,17,18,21). The smallest absolute Gasteiger partial charge is 0.329 e. The van der Waals surface area contributed by atoms with Crippen molar-refractivity contribution in [2.45, 2.75) is 78.8 Å². The molecule has 5 heteroatoms. The summed E-state index contributed by atoms with van der Waals surface area (Å²) in [4.78, 5) is 23.4. The molecule has 1 unspecified atom stereocenters. The van der Waals surface area contributed by atoms with Crippen LogP contribution in [0.25, 0.3) is 0 Å². The van der Waals surface area contributed by atoms with E-state index in [0.717, 1.165) is 19.3 Å². The molecule has 1 rings (SSSR count). The van der Waals surface area contributed by atoms with Crippen LogP contribution in [0.3, 0.4) is 0 Å². The van der Waals surface area contributed by atoms with Gasteiger partial charge in [0.1, 0.15) is 5.54 Å². The van der Waals surface area contributed by atoms with Gasteiger partial charge < -0.3 is 15.7 Å². The number of rotatable bonds is 4. The van der Waals surface area contributed by atoms with E-state index in [4.69, 9.17) is 0 Å². The molecule has 0 radical (unpaired) electrons. The number of carbonyl (C=O) groups excluding carboxylic acids is 1. The third kappa shape index (κ3) is 4.90. The zero-order valence-corrected chi connectivity index (χ0v) is 14.2. The maximum Gasteiger partial charge on any atom is 0.329 e. The van der Waals surface area contributed by atoms with Crippen molar-refractivity contribution in [1.29, 1.82) is 0 Å². The second-order valence-electron chi connectivity index (χ2n) is 8.20. The van der Waals surface area contributed by atoms with Gasteiger partial charge in [0, 0.05) is 6.04 Å². The van der Waals surface area contributed by atoms with Crippen LogP contribution in [0, 0.1) is 10.8 Å². The van der Waals surface area contributed by atoms with Crippen molar-refractivity contribution in [2.24, 2.45) is 10.8 Å². The van der Waals surface area contributed by atoms with Crippen molar-refractivity contribution >= 4 is 12.0 Å². The van der Waals surface area contributed by atoms with E-state index in [1.165, 1.54) is 6.92 Å². The van der Waals surface area contributed by atoms with E-state index in [9.17, 15) is 14.7 Å². The first-order chi connectivity index (χ1) is 9.39. The summed E-state index contributed by atoms with van der Waals surface area (Å²) in [5.74, 6) is -1.01. The van der Waals surface area contributed by atoms with Gasteiger partial charge in [-0.15, -0.1) is 0 Å². The number of amides is 2. The third-order valence-electron chi connectivity index (χ3n) is 4.46. The number of hydrogen-bond acceptors (Lipinski definition) is 2. The first-order valence-corrected chi connectivity index (χ1v) is 7.71. The molecule has 5 nitrogen and oxygen atoms in total. The highest BCUT2D eigenvalue weighted by Crippen LogP contribution is 2.45. The Balaban J connectivity index is 2.68. The number of carboxylic acids is 1. The molecule has 1 fully saturated rings. The van der Waals surface area contributed by atoms with Crippen LogP contribution >= 0.6 is 0 Å². The molecule has 0 heterocycles. The molecule has 2 amide bonds. The minimum Gasteiger partial charge on any atom is -0.480 e. The number of urea groups is 1. The van der Waals surface area contributed by atoms with Crippen molar-refractivity contribution in [2.75, 3.05) is 0 Å². The maximum absolute atomic E-state index is 12.1. The summed E-state index contributed by atoms with van der Waals surface area (Å²) in [7, 11) is 0. The van der Waals surface area contributed by atoms with Crippen molar-refractivity contribution in [1.82, 2.24) is 10.6 Å². The first kappa shape index (κ1) is 17.8. The fraction of sp³-hybridized carbons (Fsp3) is 0.875. The SMILES string of the molecule is CCC(C)(NC(=O)NC1CC(C)(C)CC(C)(C)C1)C(=O)O. The average Bonchev–Trinajstić information content (AvgIpc) is 2.23. The van der Waals surface area contributed by atoms with Gasteiger partial charge in [-0.05, 0) is 43.4 Å². The minimum atomic E-state index is -1.22. The Bertz CT molecular complexity index is 402. The molecule has 0 aromatic rings. The molecule has 0 bridgehead atoms. The molecule has 1 aliphatic carbocycles. The number of nitrogens with one attached hydrogen (secondary N) is 2. The monoisotopic (exact) mass is 298 g/mol. The Morgan fingerprint density at radius 1 is 1.19 bits per heavy atom. The van der Waals surface area contributed by atoms with Crippen LogP contribution in [0.5, 0.6) is 0 Å². The van der Waals surface area contributed by atoms with Gasteiger partial charge in [0.2, 0.25) is 0 Å². The summed E-state index contributed by atoms with van der Waals surface area (Å²) < 4.78 is 0. The lowest BCUT2D eigenvalue weighted by molar-refractivity contribution is -0.143. The van der Waals surface area contributed by atoms with Crippen LogP contribution < -0.4 is 10.6 Å². The fourth-order valence-electron chi connectivity index (χ4n) is 3.71. The predicted molar refractivity (Wildman–Crippen MR) is 83.2 cm³/mol. The summed E-state index contributed by atoms with van der Waals surface area (Å²) in [6, 6.07) is -0.307. The molecule has 0 spiro atoms. The van der Waals surface area contributed by atoms with Crippen LogP contribution in [-0.2, 0) is 4.79 Å². The molecule has 0 aromatic carbocycles. The lowest BCUT2D eigenvalue weighted by Crippen LogP contribution is -2.57. The molecule has 0 aliphatic heterocycles. The van der Waals surface area contributed by atoms with Crippen LogP contribution in [0.1, 0.15) is 67.2 Å². The molecule has 21 heavy (non-hydrogen) atoms. The van der Waals surface area contributed by atoms with Gasteiger partial charge in [-0.2, -0.15) is 0 Å². The number of hydrogen-bond donors (Lipinski definition) is 3. The van der Waals surface area contributed by atoms with Crippen LogP contribution in [0.15, 0.2) is 0 Å². The van der Waals surface area contributed by atoms with Gasteiger partial charge in [-0.25, -0.2) is 9.59 Å². The second-order valence-corrected chi connectivity index (χ2v) is 8.20. The van der Waals surface area contributed by atoms with Crippen molar-refractivity contribution in [3.05, 3.63) is 0 Å². The number of aliphatic carboxylic acids is 1. The molecule has 1 saturated carbocycles. The zero-order chi connectivity index (χ0) is 16.5. The number of carboxylic acid groups (broad SMARTS) is 1. The Hall–Kier alpha value is -1.26. The molecule has 3 N–H and O–H groups in total. The van der Waals surface area contributed by atoms with E-state index in [-0.39, 0.29) is 22.9 Å². The van der Waals surface area contributed by atoms with E-state index >= 15 is 0 Å². The Kier molecular flexibility index (Phi) is 4.96. The average molecular weight is 298 g/mol. The van der Waals surface area contributed by atoms with Gasteiger partial charge in [-0.3, -0.25) is 0 Å². The topological polar surface area (TPSA) is 78.4 Å². The Morgan fingerprint density at radius 2 is 1.67 bits per heavy atom. The van der Waals surface area contributed by atoms with Crippen LogP contribution in [0.4, 0.5) is 4.79 Å². The van der Waals surface area contributed by atoms with E-state index in [1.54, 1.807) is 6.92 Å². The normalized spacial score (nSPS) is 23.9. The highest BCUT2D eigenvalue weighted by molar-refractivity contribution is 5.85. The molecule has 1 atom stereocenters. The highest BCUT2D eigenvalue weighted by Gasteiger charge is 2.40. The quantitative estimate of drug-likeness (QED) is 0.746. The second kappa shape index (κ2) is 5.85. The van der Waals surface area contributed by atoms with Crippen LogP contribution in [0.2, 0.25) is 0 Å². The zero-order valence-electron chi connectivity index (χ0n) is 14.2. The van der Waals surface area contributed by atoms with E-state index < -0.39 is 11.5 Å². The first-order valence-electron chi connectivity index (χ1n) is 7.71. The van der Waals surface area contributed by atoms with Crippen molar-refractivity contribution in [3.8, 4) is 0 Å². The minimum absolute atomic E-state index is 0.0821. The molecule has 1 aliphatic rings. The Labute approximate surface area is 127 Å².